The molecular formula is C11H12O2. The van der Waals surface area contributed by atoms with Crippen LogP contribution in [0.3, 0.4) is 0 Å². The van der Waals surface area contributed by atoms with E-state index < -0.39 is 0 Å². The quantitative estimate of drug-likeness (QED) is 0.576. The van der Waals surface area contributed by atoms with Gasteiger partial charge < -0.3 is 5.11 Å². The fraction of sp³-hybridized carbons (Fsp3) is 0.909. The van der Waals surface area contributed by atoms with E-state index >= 15 is 0 Å². The molecule has 9 atom stereocenters. The summed E-state index contributed by atoms with van der Waals surface area (Å²) in [5, 5.41) is 10.1. The van der Waals surface area contributed by atoms with Crippen LogP contribution < -0.4 is 0 Å². The summed E-state index contributed by atoms with van der Waals surface area (Å²) < 4.78 is 0. The average Bonchev–Trinajstić information content (AvgIpc) is 2.52. The molecule has 13 heavy (non-hydrogen) atoms. The van der Waals surface area contributed by atoms with Crippen molar-refractivity contribution in [2.24, 2.45) is 47.3 Å². The van der Waals surface area contributed by atoms with Gasteiger partial charge in [-0.15, -0.1) is 0 Å². The molecule has 5 fully saturated rings. The number of carbonyl (C=O) groups is 1. The summed E-state index contributed by atoms with van der Waals surface area (Å²) in [6.45, 7) is 0. The maximum absolute atomic E-state index is 11.9. The topological polar surface area (TPSA) is 37.3 Å². The van der Waals surface area contributed by atoms with Crippen molar-refractivity contribution in [3.63, 3.8) is 0 Å². The first-order chi connectivity index (χ1) is 6.30. The van der Waals surface area contributed by atoms with Gasteiger partial charge in [0.15, 0.2) is 0 Å². The van der Waals surface area contributed by atoms with Crippen molar-refractivity contribution in [1.29, 1.82) is 0 Å². The first-order valence-electron chi connectivity index (χ1n) is 5.52. The average molecular weight is 176 g/mol. The molecule has 0 aromatic rings. The van der Waals surface area contributed by atoms with E-state index in [1.54, 1.807) is 0 Å². The number of aliphatic hydroxyl groups excluding tert-OH is 1. The Morgan fingerprint density at radius 1 is 1.00 bits per heavy atom. The minimum absolute atomic E-state index is 0.0913. The minimum atomic E-state index is -0.0913. The first-order valence-corrected chi connectivity index (χ1v) is 5.52. The van der Waals surface area contributed by atoms with Crippen LogP contribution in [-0.2, 0) is 4.79 Å². The van der Waals surface area contributed by atoms with Crippen LogP contribution in [-0.4, -0.2) is 17.0 Å². The monoisotopic (exact) mass is 176 g/mol. The van der Waals surface area contributed by atoms with Crippen molar-refractivity contribution in [3.8, 4) is 0 Å². The van der Waals surface area contributed by atoms with E-state index in [0.29, 0.717) is 35.4 Å². The minimum Gasteiger partial charge on any atom is -0.392 e. The van der Waals surface area contributed by atoms with Crippen LogP contribution in [0.1, 0.15) is 6.42 Å². The molecule has 68 valence electrons. The molecule has 0 aliphatic heterocycles. The second-order valence-electron chi connectivity index (χ2n) is 5.82. The largest absolute Gasteiger partial charge is 0.392 e. The number of carbonyl (C=O) groups excluding carboxylic acids is 1. The van der Waals surface area contributed by atoms with Crippen molar-refractivity contribution in [2.75, 3.05) is 0 Å². The van der Waals surface area contributed by atoms with Crippen LogP contribution in [0, 0.1) is 47.3 Å². The van der Waals surface area contributed by atoms with Gasteiger partial charge in [-0.3, -0.25) is 4.79 Å². The van der Waals surface area contributed by atoms with Gasteiger partial charge in [0.25, 0.3) is 0 Å². The molecule has 5 rings (SSSR count). The number of hydrogen-bond acceptors (Lipinski definition) is 2. The molecule has 2 bridgehead atoms. The van der Waals surface area contributed by atoms with Crippen LogP contribution >= 0.6 is 0 Å². The lowest BCUT2D eigenvalue weighted by Gasteiger charge is -2.45. The van der Waals surface area contributed by atoms with Crippen molar-refractivity contribution in [2.45, 2.75) is 12.5 Å². The third kappa shape index (κ3) is 0.349. The molecular weight excluding hydrogens is 164 g/mol. The number of Topliss-reactive ketones (excluding diaryl/α,β-unsaturated/α-hetero) is 1. The molecule has 0 radical (unpaired) electrons. The Kier molecular flexibility index (Phi) is 0.666. The molecule has 0 spiro atoms. The zero-order valence-electron chi connectivity index (χ0n) is 7.26. The molecule has 0 saturated heterocycles. The number of fused-ring (bicyclic) bond motifs is 2. The molecule has 5 aliphatic carbocycles. The van der Waals surface area contributed by atoms with E-state index in [4.69, 9.17) is 0 Å². The zero-order chi connectivity index (χ0) is 8.48. The summed E-state index contributed by atoms with van der Waals surface area (Å²) in [5.74, 6) is 4.97. The number of rotatable bonds is 0. The summed E-state index contributed by atoms with van der Waals surface area (Å²) in [7, 11) is 0. The molecule has 2 heteroatoms. The number of aliphatic hydroxyl groups is 1. The Morgan fingerprint density at radius 2 is 1.85 bits per heavy atom. The highest BCUT2D eigenvalue weighted by Crippen LogP contribution is 2.81. The Hall–Kier alpha value is -0.370. The van der Waals surface area contributed by atoms with E-state index in [1.165, 1.54) is 6.42 Å². The summed E-state index contributed by atoms with van der Waals surface area (Å²) in [6.07, 6.45) is 1.19. The zero-order valence-corrected chi connectivity index (χ0v) is 7.26. The van der Waals surface area contributed by atoms with Crippen molar-refractivity contribution >= 4 is 5.78 Å². The Balaban J connectivity index is 1.87. The van der Waals surface area contributed by atoms with Crippen LogP contribution in [0.5, 0.6) is 0 Å². The fourth-order valence-electron chi connectivity index (χ4n) is 6.11. The molecule has 9 unspecified atom stereocenters. The van der Waals surface area contributed by atoms with Crippen molar-refractivity contribution in [1.82, 2.24) is 0 Å². The summed E-state index contributed by atoms with van der Waals surface area (Å²) >= 11 is 0. The van der Waals surface area contributed by atoms with E-state index in [9.17, 15) is 9.90 Å². The highest BCUT2D eigenvalue weighted by molar-refractivity contribution is 5.91. The molecule has 5 aliphatic rings. The summed E-state index contributed by atoms with van der Waals surface area (Å²) in [5.41, 5.74) is 0. The SMILES string of the molecule is O=C1C2C3CC4C2C(O)C2C1C3C42. The lowest BCUT2D eigenvalue weighted by atomic mass is 9.59. The van der Waals surface area contributed by atoms with Gasteiger partial charge in [0.2, 0.25) is 0 Å². The predicted octanol–water partition coefficient (Wildman–Crippen LogP) is 0.304. The third-order valence-corrected chi connectivity index (χ3v) is 6.07. The van der Waals surface area contributed by atoms with E-state index in [0.717, 1.165) is 17.8 Å². The molecule has 1 N–H and O–H groups in total. The smallest absolute Gasteiger partial charge is 0.140 e. The standard InChI is InChI=1S/C11H12O2/c12-10-6-2-1-3-5-4(2)8(10)9(5)11(13)7(3)6/h2-10,12H,1H2. The maximum Gasteiger partial charge on any atom is 0.140 e. The Bertz CT molecular complexity index is 350. The lowest BCUT2D eigenvalue weighted by molar-refractivity contribution is -0.141. The van der Waals surface area contributed by atoms with Gasteiger partial charge in [0.1, 0.15) is 5.78 Å². The van der Waals surface area contributed by atoms with Crippen molar-refractivity contribution < 1.29 is 9.90 Å². The van der Waals surface area contributed by atoms with Gasteiger partial charge in [-0.05, 0) is 41.9 Å². The van der Waals surface area contributed by atoms with Gasteiger partial charge in [-0.25, -0.2) is 0 Å². The highest BCUT2D eigenvalue weighted by Gasteiger charge is 2.83. The van der Waals surface area contributed by atoms with E-state index in [2.05, 4.69) is 0 Å². The molecule has 0 aromatic heterocycles. The highest BCUT2D eigenvalue weighted by atomic mass is 16.3. The maximum atomic E-state index is 11.9. The Labute approximate surface area is 76.3 Å². The molecule has 5 saturated carbocycles. The molecule has 0 heterocycles. The van der Waals surface area contributed by atoms with Gasteiger partial charge >= 0.3 is 0 Å². The first kappa shape index (κ1) is 6.18. The van der Waals surface area contributed by atoms with Crippen LogP contribution in [0.2, 0.25) is 0 Å². The second-order valence-corrected chi connectivity index (χ2v) is 5.82. The number of ketones is 1. The van der Waals surface area contributed by atoms with E-state index in [-0.39, 0.29) is 6.10 Å². The summed E-state index contributed by atoms with van der Waals surface area (Å²) in [4.78, 5) is 11.9. The van der Waals surface area contributed by atoms with Crippen molar-refractivity contribution in [3.05, 3.63) is 0 Å². The predicted molar refractivity (Wildman–Crippen MR) is 43.6 cm³/mol. The summed E-state index contributed by atoms with van der Waals surface area (Å²) in [6, 6.07) is 0. The molecule has 0 aromatic carbocycles. The Morgan fingerprint density at radius 3 is 2.69 bits per heavy atom. The normalized spacial score (nSPS) is 79.8. The lowest BCUT2D eigenvalue weighted by Crippen LogP contribution is -2.49. The second kappa shape index (κ2) is 1.40. The number of hydrogen-bond donors (Lipinski definition) is 1. The van der Waals surface area contributed by atoms with Crippen LogP contribution in [0.4, 0.5) is 0 Å². The van der Waals surface area contributed by atoms with Gasteiger partial charge in [-0.1, -0.05) is 0 Å². The van der Waals surface area contributed by atoms with Crippen LogP contribution in [0.25, 0.3) is 0 Å². The van der Waals surface area contributed by atoms with Crippen LogP contribution in [0.15, 0.2) is 0 Å². The van der Waals surface area contributed by atoms with Gasteiger partial charge in [0, 0.05) is 11.8 Å². The van der Waals surface area contributed by atoms with Gasteiger partial charge in [0.05, 0.1) is 6.10 Å². The third-order valence-electron chi connectivity index (χ3n) is 6.07. The van der Waals surface area contributed by atoms with E-state index in [1.807, 2.05) is 0 Å². The molecule has 2 nitrogen and oxygen atoms in total. The molecule has 0 amide bonds. The fourth-order valence-corrected chi connectivity index (χ4v) is 6.11. The van der Waals surface area contributed by atoms with Gasteiger partial charge in [-0.2, -0.15) is 0 Å².